The van der Waals surface area contributed by atoms with Gasteiger partial charge in [-0.05, 0) is 30.5 Å². The van der Waals surface area contributed by atoms with Crippen molar-refractivity contribution in [1.82, 2.24) is 0 Å². The van der Waals surface area contributed by atoms with E-state index in [0.717, 1.165) is 24.1 Å². The molecule has 0 aliphatic heterocycles. The first-order valence-corrected chi connectivity index (χ1v) is 6.91. The Labute approximate surface area is 109 Å². The Morgan fingerprint density at radius 1 is 1.11 bits per heavy atom. The summed E-state index contributed by atoms with van der Waals surface area (Å²) in [7, 11) is 0. The Balaban J connectivity index is 1.80. The molecule has 1 aliphatic rings. The van der Waals surface area contributed by atoms with Gasteiger partial charge < -0.3 is 15.6 Å². The Hall–Kier alpha value is -1.06. The third kappa shape index (κ3) is 4.00. The van der Waals surface area contributed by atoms with Gasteiger partial charge in [0.15, 0.2) is 0 Å². The quantitative estimate of drug-likeness (QED) is 0.637. The topological polar surface area (TPSA) is 55.5 Å². The second-order valence-electron chi connectivity index (χ2n) is 5.13. The van der Waals surface area contributed by atoms with E-state index in [0.29, 0.717) is 12.7 Å². The Bertz CT molecular complexity index is 342. The fourth-order valence-electron chi connectivity index (χ4n) is 2.45. The van der Waals surface area contributed by atoms with Crippen molar-refractivity contribution in [2.24, 2.45) is 0 Å². The number of nitrogens with two attached hydrogens (primary N) is 1. The lowest BCUT2D eigenvalue weighted by Crippen LogP contribution is -2.16. The third-order valence-corrected chi connectivity index (χ3v) is 3.61. The molecule has 0 aromatic heterocycles. The molecule has 1 unspecified atom stereocenters. The first-order chi connectivity index (χ1) is 8.75. The number of hydrogen-bond acceptors (Lipinski definition) is 3. The highest BCUT2D eigenvalue weighted by atomic mass is 16.5. The van der Waals surface area contributed by atoms with Crippen molar-refractivity contribution in [2.75, 3.05) is 12.3 Å². The summed E-state index contributed by atoms with van der Waals surface area (Å²) in [6, 6.07) is 7.33. The van der Waals surface area contributed by atoms with Crippen LogP contribution in [0.25, 0.3) is 0 Å². The van der Waals surface area contributed by atoms with Gasteiger partial charge in [-0.3, -0.25) is 0 Å². The van der Waals surface area contributed by atoms with Crippen LogP contribution >= 0.6 is 0 Å². The summed E-state index contributed by atoms with van der Waals surface area (Å²) in [5.41, 5.74) is 7.21. The molecule has 3 heteroatoms. The molecule has 3 nitrogen and oxygen atoms in total. The van der Waals surface area contributed by atoms with E-state index in [-0.39, 0.29) is 0 Å². The molecule has 1 saturated carbocycles. The minimum atomic E-state index is -0.547. The lowest BCUT2D eigenvalue weighted by Gasteiger charge is -2.18. The molecule has 1 aliphatic carbocycles. The summed E-state index contributed by atoms with van der Waals surface area (Å²) >= 11 is 0. The number of ether oxygens (including phenoxy) is 1. The van der Waals surface area contributed by atoms with Crippen LogP contribution in [0.5, 0.6) is 0 Å². The minimum absolute atomic E-state index is 0.330. The van der Waals surface area contributed by atoms with E-state index >= 15 is 0 Å². The zero-order chi connectivity index (χ0) is 12.8. The number of aliphatic hydroxyl groups is 1. The lowest BCUT2D eigenvalue weighted by molar-refractivity contribution is -0.0159. The van der Waals surface area contributed by atoms with Crippen molar-refractivity contribution in [3.05, 3.63) is 29.8 Å². The number of rotatable bonds is 4. The van der Waals surface area contributed by atoms with Crippen molar-refractivity contribution >= 4 is 5.69 Å². The summed E-state index contributed by atoms with van der Waals surface area (Å²) < 4.78 is 5.83. The normalized spacial score (nSPS) is 19.4. The molecule has 3 N–H and O–H groups in total. The van der Waals surface area contributed by atoms with Gasteiger partial charge in [-0.1, -0.05) is 37.8 Å². The maximum absolute atomic E-state index is 10.0. The molecule has 0 bridgehead atoms. The van der Waals surface area contributed by atoms with Gasteiger partial charge in [0.05, 0.1) is 12.7 Å². The standard InChI is InChI=1S/C15H23NO2/c16-13-9-7-12(8-10-13)15(17)11-18-14-5-3-1-2-4-6-14/h7-10,14-15,17H,1-6,11,16H2. The molecule has 1 atom stereocenters. The predicted molar refractivity (Wildman–Crippen MR) is 73.3 cm³/mol. The lowest BCUT2D eigenvalue weighted by atomic mass is 10.1. The predicted octanol–water partition coefficient (Wildman–Crippen LogP) is 3.04. The second kappa shape index (κ2) is 6.76. The van der Waals surface area contributed by atoms with Gasteiger partial charge >= 0.3 is 0 Å². The molecule has 2 rings (SSSR count). The molecule has 0 heterocycles. The number of benzene rings is 1. The zero-order valence-corrected chi connectivity index (χ0v) is 10.8. The van der Waals surface area contributed by atoms with Gasteiger partial charge in [-0.15, -0.1) is 0 Å². The molecule has 0 saturated heterocycles. The van der Waals surface area contributed by atoms with Crippen LogP contribution in [0.4, 0.5) is 5.69 Å². The van der Waals surface area contributed by atoms with E-state index < -0.39 is 6.10 Å². The molecule has 18 heavy (non-hydrogen) atoms. The molecule has 1 aromatic rings. The van der Waals surface area contributed by atoms with Gasteiger partial charge in [0.1, 0.15) is 6.10 Å². The Morgan fingerprint density at radius 2 is 1.72 bits per heavy atom. The van der Waals surface area contributed by atoms with E-state index in [1.54, 1.807) is 0 Å². The molecule has 1 fully saturated rings. The largest absolute Gasteiger partial charge is 0.399 e. The Morgan fingerprint density at radius 3 is 2.33 bits per heavy atom. The number of aliphatic hydroxyl groups excluding tert-OH is 1. The molecular formula is C15H23NO2. The van der Waals surface area contributed by atoms with Crippen molar-refractivity contribution in [1.29, 1.82) is 0 Å². The van der Waals surface area contributed by atoms with Gasteiger partial charge in [0.25, 0.3) is 0 Å². The highest BCUT2D eigenvalue weighted by Gasteiger charge is 2.15. The van der Waals surface area contributed by atoms with Crippen molar-refractivity contribution < 1.29 is 9.84 Å². The van der Waals surface area contributed by atoms with Crippen LogP contribution in [0.15, 0.2) is 24.3 Å². The summed E-state index contributed by atoms with van der Waals surface area (Å²) in [4.78, 5) is 0. The van der Waals surface area contributed by atoms with Gasteiger partial charge in [0, 0.05) is 5.69 Å². The van der Waals surface area contributed by atoms with Crippen molar-refractivity contribution in [2.45, 2.75) is 50.7 Å². The maximum Gasteiger partial charge on any atom is 0.102 e. The summed E-state index contributed by atoms with van der Waals surface area (Å²) in [6.07, 6.45) is 7.19. The molecule has 0 spiro atoms. The number of anilines is 1. The minimum Gasteiger partial charge on any atom is -0.399 e. The average molecular weight is 249 g/mol. The van der Waals surface area contributed by atoms with E-state index in [1.165, 1.54) is 25.7 Å². The van der Waals surface area contributed by atoms with Crippen LogP contribution in [0, 0.1) is 0 Å². The summed E-state index contributed by atoms with van der Waals surface area (Å²) in [6.45, 7) is 0.384. The van der Waals surface area contributed by atoms with Gasteiger partial charge in [0.2, 0.25) is 0 Å². The van der Waals surface area contributed by atoms with Crippen LogP contribution in [0.1, 0.15) is 50.2 Å². The SMILES string of the molecule is Nc1ccc(C(O)COC2CCCCCC2)cc1. The van der Waals surface area contributed by atoms with Crippen molar-refractivity contribution in [3.8, 4) is 0 Å². The maximum atomic E-state index is 10.0. The van der Waals surface area contributed by atoms with E-state index in [1.807, 2.05) is 24.3 Å². The van der Waals surface area contributed by atoms with Crippen LogP contribution in [-0.2, 0) is 4.74 Å². The van der Waals surface area contributed by atoms with E-state index in [9.17, 15) is 5.11 Å². The fourth-order valence-corrected chi connectivity index (χ4v) is 2.45. The van der Waals surface area contributed by atoms with Crippen LogP contribution < -0.4 is 5.73 Å². The Kier molecular flexibility index (Phi) is 5.02. The van der Waals surface area contributed by atoms with E-state index in [2.05, 4.69) is 0 Å². The fraction of sp³-hybridized carbons (Fsp3) is 0.600. The third-order valence-electron chi connectivity index (χ3n) is 3.61. The number of nitrogen functional groups attached to an aromatic ring is 1. The molecule has 1 aromatic carbocycles. The van der Waals surface area contributed by atoms with Crippen LogP contribution in [-0.4, -0.2) is 17.8 Å². The molecule has 100 valence electrons. The molecule has 0 amide bonds. The van der Waals surface area contributed by atoms with Gasteiger partial charge in [-0.25, -0.2) is 0 Å². The van der Waals surface area contributed by atoms with Crippen molar-refractivity contribution in [3.63, 3.8) is 0 Å². The molecule has 0 radical (unpaired) electrons. The highest BCUT2D eigenvalue weighted by molar-refractivity contribution is 5.39. The van der Waals surface area contributed by atoms with E-state index in [4.69, 9.17) is 10.5 Å². The van der Waals surface area contributed by atoms with Crippen LogP contribution in [0.3, 0.4) is 0 Å². The smallest absolute Gasteiger partial charge is 0.102 e. The van der Waals surface area contributed by atoms with Gasteiger partial charge in [-0.2, -0.15) is 0 Å². The number of hydrogen-bond donors (Lipinski definition) is 2. The zero-order valence-electron chi connectivity index (χ0n) is 10.8. The summed E-state index contributed by atoms with van der Waals surface area (Å²) in [5.74, 6) is 0. The first-order valence-electron chi connectivity index (χ1n) is 6.91. The monoisotopic (exact) mass is 249 g/mol. The highest BCUT2D eigenvalue weighted by Crippen LogP contribution is 2.22. The average Bonchev–Trinajstić information content (AvgIpc) is 2.65. The first kappa shape index (κ1) is 13.4. The van der Waals surface area contributed by atoms with Crippen LogP contribution in [0.2, 0.25) is 0 Å². The second-order valence-corrected chi connectivity index (χ2v) is 5.13. The summed E-state index contributed by atoms with van der Waals surface area (Å²) in [5, 5.41) is 10.0. The molecular weight excluding hydrogens is 226 g/mol.